The van der Waals surface area contributed by atoms with Gasteiger partial charge in [-0.3, -0.25) is 9.52 Å². The van der Waals surface area contributed by atoms with Crippen molar-refractivity contribution in [3.05, 3.63) is 24.3 Å². The maximum atomic E-state index is 12.7. The molecule has 29 heavy (non-hydrogen) atoms. The van der Waals surface area contributed by atoms with Gasteiger partial charge in [0.1, 0.15) is 12.3 Å². The summed E-state index contributed by atoms with van der Waals surface area (Å²) >= 11 is 0. The van der Waals surface area contributed by atoms with Crippen LogP contribution in [-0.2, 0) is 14.8 Å². The number of unbranched alkanes of at least 4 members (excludes halogenated alkanes) is 1. The van der Waals surface area contributed by atoms with Gasteiger partial charge in [0.25, 0.3) is 0 Å². The van der Waals surface area contributed by atoms with Crippen molar-refractivity contribution in [2.75, 3.05) is 41.6 Å². The molecule has 1 aromatic rings. The molecule has 0 bridgehead atoms. The van der Waals surface area contributed by atoms with Gasteiger partial charge in [-0.2, -0.15) is 13.2 Å². The quantitative estimate of drug-likeness (QED) is 0.643. The number of alkyl halides is 3. The second kappa shape index (κ2) is 10.2. The first-order valence-electron chi connectivity index (χ1n) is 9.79. The number of amides is 1. The molecular formula is C19H28F3N3O3S. The normalized spacial score (nSPS) is 15.2. The highest BCUT2D eigenvalue weighted by atomic mass is 32.2. The van der Waals surface area contributed by atoms with E-state index in [1.165, 1.54) is 6.42 Å². The van der Waals surface area contributed by atoms with Gasteiger partial charge in [-0.25, -0.2) is 8.42 Å². The molecule has 1 N–H and O–H groups in total. The average Bonchev–Trinajstić information content (AvgIpc) is 2.64. The second-order valence-corrected chi connectivity index (χ2v) is 8.96. The molecule has 0 atom stereocenters. The zero-order valence-electron chi connectivity index (χ0n) is 16.5. The standard InChI is InChI=1S/C19H28F3N3O3S/c1-2-3-11-25(15-19(20,21)22)18(26)14-29(27,28)23-16-7-9-17(10-8-16)24-12-5-4-6-13-24/h7-10,23H,2-6,11-15H2,1H3. The molecule has 0 radical (unpaired) electrons. The van der Waals surface area contributed by atoms with Crippen LogP contribution in [0.5, 0.6) is 0 Å². The van der Waals surface area contributed by atoms with E-state index in [2.05, 4.69) is 9.62 Å². The molecule has 164 valence electrons. The lowest BCUT2D eigenvalue weighted by atomic mass is 10.1. The van der Waals surface area contributed by atoms with Gasteiger partial charge < -0.3 is 9.80 Å². The van der Waals surface area contributed by atoms with Gasteiger partial charge >= 0.3 is 6.18 Å². The number of piperidine rings is 1. The van der Waals surface area contributed by atoms with Crippen LogP contribution in [0, 0.1) is 0 Å². The van der Waals surface area contributed by atoms with E-state index in [0.29, 0.717) is 17.7 Å². The number of hydrogen-bond donors (Lipinski definition) is 1. The fourth-order valence-electron chi connectivity index (χ4n) is 3.22. The highest BCUT2D eigenvalue weighted by Crippen LogP contribution is 2.22. The zero-order chi connectivity index (χ0) is 21.5. The monoisotopic (exact) mass is 435 g/mol. The topological polar surface area (TPSA) is 69.7 Å². The van der Waals surface area contributed by atoms with Crippen LogP contribution in [0.3, 0.4) is 0 Å². The first-order chi connectivity index (χ1) is 13.6. The Balaban J connectivity index is 1.99. The van der Waals surface area contributed by atoms with E-state index in [0.717, 1.165) is 31.6 Å². The zero-order valence-corrected chi connectivity index (χ0v) is 17.4. The number of nitrogens with one attached hydrogen (secondary N) is 1. The lowest BCUT2D eigenvalue weighted by molar-refractivity contribution is -0.159. The fraction of sp³-hybridized carbons (Fsp3) is 0.632. The molecule has 0 spiro atoms. The molecule has 1 fully saturated rings. The summed E-state index contributed by atoms with van der Waals surface area (Å²) in [4.78, 5) is 15.0. The highest BCUT2D eigenvalue weighted by molar-refractivity contribution is 7.93. The third-order valence-electron chi connectivity index (χ3n) is 4.68. The van der Waals surface area contributed by atoms with Crippen LogP contribution in [0.4, 0.5) is 24.5 Å². The van der Waals surface area contributed by atoms with E-state index in [4.69, 9.17) is 0 Å². The number of sulfonamides is 1. The van der Waals surface area contributed by atoms with Crippen LogP contribution in [0.15, 0.2) is 24.3 Å². The summed E-state index contributed by atoms with van der Waals surface area (Å²) in [5.74, 6) is -2.09. The smallest absolute Gasteiger partial charge is 0.372 e. The molecule has 0 aromatic heterocycles. The van der Waals surface area contributed by atoms with Gasteiger partial charge in [-0.1, -0.05) is 13.3 Å². The molecule has 0 unspecified atom stereocenters. The third-order valence-corrected chi connectivity index (χ3v) is 5.85. The molecule has 1 saturated heterocycles. The summed E-state index contributed by atoms with van der Waals surface area (Å²) in [6.07, 6.45) is -0.188. The molecule has 2 rings (SSSR count). The summed E-state index contributed by atoms with van der Waals surface area (Å²) in [6.45, 7) is 2.10. The molecule has 1 amide bonds. The van der Waals surface area contributed by atoms with Gasteiger partial charge in [0, 0.05) is 31.0 Å². The SMILES string of the molecule is CCCCN(CC(F)(F)F)C(=O)CS(=O)(=O)Nc1ccc(N2CCCCC2)cc1. The Hall–Kier alpha value is -1.97. The van der Waals surface area contributed by atoms with E-state index in [9.17, 15) is 26.4 Å². The van der Waals surface area contributed by atoms with Gasteiger partial charge in [0.2, 0.25) is 15.9 Å². The van der Waals surface area contributed by atoms with Crippen molar-refractivity contribution in [3.63, 3.8) is 0 Å². The average molecular weight is 436 g/mol. The van der Waals surface area contributed by atoms with Gasteiger partial charge in [0.15, 0.2) is 0 Å². The van der Waals surface area contributed by atoms with E-state index in [1.54, 1.807) is 31.2 Å². The Morgan fingerprint density at radius 1 is 1.14 bits per heavy atom. The Labute approximate surface area is 170 Å². The summed E-state index contributed by atoms with van der Waals surface area (Å²) < 4.78 is 65.0. The number of hydrogen-bond acceptors (Lipinski definition) is 4. The molecule has 1 heterocycles. The largest absolute Gasteiger partial charge is 0.406 e. The lowest BCUT2D eigenvalue weighted by Gasteiger charge is -2.28. The van der Waals surface area contributed by atoms with Crippen LogP contribution >= 0.6 is 0 Å². The summed E-state index contributed by atoms with van der Waals surface area (Å²) in [5.41, 5.74) is 1.26. The maximum absolute atomic E-state index is 12.7. The Morgan fingerprint density at radius 2 is 1.76 bits per heavy atom. The van der Waals surface area contributed by atoms with Crippen molar-refractivity contribution in [1.82, 2.24) is 4.90 Å². The number of halogens is 3. The van der Waals surface area contributed by atoms with Gasteiger partial charge in [-0.15, -0.1) is 0 Å². The van der Waals surface area contributed by atoms with Crippen LogP contribution < -0.4 is 9.62 Å². The second-order valence-electron chi connectivity index (χ2n) is 7.24. The highest BCUT2D eigenvalue weighted by Gasteiger charge is 2.34. The van der Waals surface area contributed by atoms with Crippen LogP contribution in [-0.4, -0.2) is 57.3 Å². The summed E-state index contributed by atoms with van der Waals surface area (Å²) in [6, 6.07) is 6.78. The number of carbonyl (C=O) groups is 1. The molecule has 0 aliphatic carbocycles. The molecule has 0 saturated carbocycles. The molecular weight excluding hydrogens is 407 g/mol. The minimum atomic E-state index is -4.58. The minimum Gasteiger partial charge on any atom is -0.372 e. The van der Waals surface area contributed by atoms with Crippen LogP contribution in [0.2, 0.25) is 0 Å². The summed E-state index contributed by atoms with van der Waals surface area (Å²) in [7, 11) is -4.12. The Kier molecular flexibility index (Phi) is 8.18. The predicted octanol–water partition coefficient (Wildman–Crippen LogP) is 3.61. The molecule has 1 aliphatic heterocycles. The Bertz CT molecular complexity index is 761. The first-order valence-corrected chi connectivity index (χ1v) is 11.4. The van der Waals surface area contributed by atoms with Crippen molar-refractivity contribution in [1.29, 1.82) is 0 Å². The fourth-order valence-corrected chi connectivity index (χ4v) is 4.29. The van der Waals surface area contributed by atoms with Crippen molar-refractivity contribution >= 4 is 27.3 Å². The third kappa shape index (κ3) is 8.12. The maximum Gasteiger partial charge on any atom is 0.406 e. The van der Waals surface area contributed by atoms with Crippen molar-refractivity contribution in [2.45, 2.75) is 45.2 Å². The van der Waals surface area contributed by atoms with Crippen LogP contribution in [0.25, 0.3) is 0 Å². The molecule has 1 aromatic carbocycles. The van der Waals surface area contributed by atoms with Crippen molar-refractivity contribution in [2.24, 2.45) is 0 Å². The van der Waals surface area contributed by atoms with Crippen molar-refractivity contribution in [3.8, 4) is 0 Å². The number of rotatable bonds is 9. The van der Waals surface area contributed by atoms with E-state index in [-0.39, 0.29) is 12.2 Å². The summed E-state index contributed by atoms with van der Waals surface area (Å²) in [5, 5.41) is 0. The predicted molar refractivity (Wildman–Crippen MR) is 107 cm³/mol. The van der Waals surface area contributed by atoms with Crippen molar-refractivity contribution < 1.29 is 26.4 Å². The van der Waals surface area contributed by atoms with Crippen LogP contribution in [0.1, 0.15) is 39.0 Å². The van der Waals surface area contributed by atoms with E-state index >= 15 is 0 Å². The first kappa shape index (κ1) is 23.3. The molecule has 1 aliphatic rings. The minimum absolute atomic E-state index is 0.130. The lowest BCUT2D eigenvalue weighted by Crippen LogP contribution is -2.43. The number of nitrogens with zero attached hydrogens (tertiary/aromatic N) is 2. The van der Waals surface area contributed by atoms with Gasteiger partial charge in [0.05, 0.1) is 0 Å². The van der Waals surface area contributed by atoms with E-state index in [1.807, 2.05) is 0 Å². The molecule has 6 nitrogen and oxygen atoms in total. The molecule has 10 heteroatoms. The van der Waals surface area contributed by atoms with E-state index < -0.39 is 34.4 Å². The number of anilines is 2. The Morgan fingerprint density at radius 3 is 2.31 bits per heavy atom. The number of carbonyl (C=O) groups excluding carboxylic acids is 1. The number of benzene rings is 1. The van der Waals surface area contributed by atoms with Gasteiger partial charge in [-0.05, 0) is 49.9 Å².